The highest BCUT2D eigenvalue weighted by atomic mass is 19.1. The first-order valence-corrected chi connectivity index (χ1v) is 6.20. The lowest BCUT2D eigenvalue weighted by Crippen LogP contribution is -2.29. The van der Waals surface area contributed by atoms with Gasteiger partial charge in [0.2, 0.25) is 0 Å². The summed E-state index contributed by atoms with van der Waals surface area (Å²) in [5.41, 5.74) is 0. The molecule has 0 saturated carbocycles. The summed E-state index contributed by atoms with van der Waals surface area (Å²) in [5.74, 6) is -0.955. The maximum absolute atomic E-state index is 12.9. The molecule has 2 nitrogen and oxygen atoms in total. The van der Waals surface area contributed by atoms with Crippen molar-refractivity contribution in [3.8, 4) is 5.75 Å². The molecule has 0 saturated heterocycles. The third kappa shape index (κ3) is 4.11. The summed E-state index contributed by atoms with van der Waals surface area (Å²) < 4.78 is 31.1. The minimum absolute atomic E-state index is 0.256. The van der Waals surface area contributed by atoms with Gasteiger partial charge in [-0.3, -0.25) is 4.90 Å². The van der Waals surface area contributed by atoms with Crippen LogP contribution in [0.2, 0.25) is 0 Å². The molecule has 0 amide bonds. The summed E-state index contributed by atoms with van der Waals surface area (Å²) in [6.07, 6.45) is 6.29. The Morgan fingerprint density at radius 3 is 2.56 bits per heavy atom. The van der Waals surface area contributed by atoms with Crippen LogP contribution in [0.5, 0.6) is 5.75 Å². The maximum Gasteiger partial charge on any atom is 0.129 e. The second-order valence-electron chi connectivity index (χ2n) is 4.37. The van der Waals surface area contributed by atoms with Gasteiger partial charge in [0.1, 0.15) is 17.4 Å². The SMILES string of the molecule is Fc1cc(F)cc(OCCCN2CC=CCC2)c1. The number of hydrogen-bond donors (Lipinski definition) is 0. The highest BCUT2D eigenvalue weighted by molar-refractivity contribution is 5.23. The molecule has 1 aliphatic heterocycles. The monoisotopic (exact) mass is 253 g/mol. The van der Waals surface area contributed by atoms with Gasteiger partial charge < -0.3 is 4.74 Å². The van der Waals surface area contributed by atoms with Crippen LogP contribution in [-0.4, -0.2) is 31.1 Å². The number of rotatable bonds is 5. The van der Waals surface area contributed by atoms with Crippen LogP contribution in [0, 0.1) is 11.6 Å². The van der Waals surface area contributed by atoms with Gasteiger partial charge in [0.05, 0.1) is 6.61 Å². The lowest BCUT2D eigenvalue weighted by atomic mass is 10.2. The second-order valence-corrected chi connectivity index (χ2v) is 4.37. The summed E-state index contributed by atoms with van der Waals surface area (Å²) in [6, 6.07) is 3.24. The number of halogens is 2. The smallest absolute Gasteiger partial charge is 0.129 e. The Morgan fingerprint density at radius 2 is 1.89 bits per heavy atom. The van der Waals surface area contributed by atoms with Crippen LogP contribution < -0.4 is 4.74 Å². The molecule has 1 aromatic rings. The van der Waals surface area contributed by atoms with Crippen molar-refractivity contribution < 1.29 is 13.5 Å². The van der Waals surface area contributed by atoms with Gasteiger partial charge in [-0.15, -0.1) is 0 Å². The fourth-order valence-corrected chi connectivity index (χ4v) is 1.98. The summed E-state index contributed by atoms with van der Waals surface area (Å²) in [4.78, 5) is 2.33. The lowest BCUT2D eigenvalue weighted by molar-refractivity contribution is 0.246. The Hall–Kier alpha value is -1.42. The average Bonchev–Trinajstić information content (AvgIpc) is 2.35. The van der Waals surface area contributed by atoms with E-state index in [1.807, 2.05) is 0 Å². The number of ether oxygens (including phenoxy) is 1. The highest BCUT2D eigenvalue weighted by Gasteiger charge is 2.06. The van der Waals surface area contributed by atoms with Crippen molar-refractivity contribution >= 4 is 0 Å². The van der Waals surface area contributed by atoms with E-state index in [1.165, 1.54) is 12.1 Å². The Labute approximate surface area is 106 Å². The number of benzene rings is 1. The summed E-state index contributed by atoms with van der Waals surface area (Å²) in [5, 5.41) is 0. The second kappa shape index (κ2) is 6.50. The van der Waals surface area contributed by atoms with Gasteiger partial charge in [-0.05, 0) is 12.8 Å². The highest BCUT2D eigenvalue weighted by Crippen LogP contribution is 2.15. The summed E-state index contributed by atoms with van der Waals surface area (Å²) in [7, 11) is 0. The molecule has 2 rings (SSSR count). The van der Waals surface area contributed by atoms with Gasteiger partial charge in [0.15, 0.2) is 0 Å². The van der Waals surface area contributed by atoms with Gasteiger partial charge >= 0.3 is 0 Å². The fraction of sp³-hybridized carbons (Fsp3) is 0.429. The standard InChI is InChI=1S/C14H17F2NO/c15-12-9-13(16)11-14(10-12)18-8-4-7-17-5-2-1-3-6-17/h1-2,9-11H,3-8H2. The van der Waals surface area contributed by atoms with Gasteiger partial charge in [0, 0.05) is 37.8 Å². The third-order valence-corrected chi connectivity index (χ3v) is 2.87. The van der Waals surface area contributed by atoms with Gasteiger partial charge in [-0.2, -0.15) is 0 Å². The van der Waals surface area contributed by atoms with Crippen LogP contribution in [0.1, 0.15) is 12.8 Å². The predicted molar refractivity (Wildman–Crippen MR) is 66.7 cm³/mol. The van der Waals surface area contributed by atoms with Crippen LogP contribution in [0.3, 0.4) is 0 Å². The van der Waals surface area contributed by atoms with Gasteiger partial charge in [0.25, 0.3) is 0 Å². The first kappa shape index (κ1) is 13.0. The van der Waals surface area contributed by atoms with Gasteiger partial charge in [-0.25, -0.2) is 8.78 Å². The zero-order valence-corrected chi connectivity index (χ0v) is 10.2. The summed E-state index contributed by atoms with van der Waals surface area (Å²) in [6.45, 7) is 3.48. The van der Waals surface area contributed by atoms with Gasteiger partial charge in [-0.1, -0.05) is 12.2 Å². The Bertz CT molecular complexity index is 400. The first-order valence-electron chi connectivity index (χ1n) is 6.20. The molecule has 18 heavy (non-hydrogen) atoms. The molecule has 0 fully saturated rings. The van der Waals surface area contributed by atoms with E-state index in [0.29, 0.717) is 6.61 Å². The van der Waals surface area contributed by atoms with Crippen molar-refractivity contribution in [2.24, 2.45) is 0 Å². The molecule has 98 valence electrons. The lowest BCUT2D eigenvalue weighted by Gasteiger charge is -2.22. The molecule has 4 heteroatoms. The van der Waals surface area contributed by atoms with Crippen LogP contribution in [-0.2, 0) is 0 Å². The zero-order chi connectivity index (χ0) is 12.8. The summed E-state index contributed by atoms with van der Waals surface area (Å²) >= 11 is 0. The van der Waals surface area contributed by atoms with E-state index >= 15 is 0 Å². The van der Waals surface area contributed by atoms with Crippen molar-refractivity contribution in [3.63, 3.8) is 0 Å². The first-order chi connectivity index (χ1) is 8.74. The normalized spacial score (nSPS) is 15.9. The average molecular weight is 253 g/mol. The van der Waals surface area contributed by atoms with E-state index in [0.717, 1.165) is 38.5 Å². The molecule has 0 atom stereocenters. The predicted octanol–water partition coefficient (Wildman–Crippen LogP) is 3.00. The van der Waals surface area contributed by atoms with Crippen LogP contribution in [0.25, 0.3) is 0 Å². The molecular weight excluding hydrogens is 236 g/mol. The molecule has 0 unspecified atom stereocenters. The van der Waals surface area contributed by atoms with E-state index in [4.69, 9.17) is 4.74 Å². The minimum Gasteiger partial charge on any atom is -0.493 e. The van der Waals surface area contributed by atoms with Crippen LogP contribution in [0.15, 0.2) is 30.4 Å². The molecule has 1 heterocycles. The molecule has 1 aliphatic rings. The molecule has 0 radical (unpaired) electrons. The van der Waals surface area contributed by atoms with Crippen molar-refractivity contribution in [1.29, 1.82) is 0 Å². The Balaban J connectivity index is 1.70. The van der Waals surface area contributed by atoms with E-state index in [9.17, 15) is 8.78 Å². The molecule has 0 spiro atoms. The molecular formula is C14H17F2NO. The maximum atomic E-state index is 12.9. The van der Waals surface area contributed by atoms with Crippen molar-refractivity contribution in [3.05, 3.63) is 42.0 Å². The van der Waals surface area contributed by atoms with Crippen molar-refractivity contribution in [1.82, 2.24) is 4.90 Å². The van der Waals surface area contributed by atoms with Crippen molar-refractivity contribution in [2.75, 3.05) is 26.2 Å². The van der Waals surface area contributed by atoms with Crippen LogP contribution in [0.4, 0.5) is 8.78 Å². The Morgan fingerprint density at radius 1 is 1.11 bits per heavy atom. The molecule has 0 aliphatic carbocycles. The molecule has 1 aromatic carbocycles. The quantitative estimate of drug-likeness (QED) is 0.591. The number of nitrogens with zero attached hydrogens (tertiary/aromatic N) is 1. The molecule has 0 N–H and O–H groups in total. The third-order valence-electron chi connectivity index (χ3n) is 2.87. The topological polar surface area (TPSA) is 12.5 Å². The molecule has 0 bridgehead atoms. The van der Waals surface area contributed by atoms with E-state index in [2.05, 4.69) is 17.1 Å². The van der Waals surface area contributed by atoms with Crippen molar-refractivity contribution in [2.45, 2.75) is 12.8 Å². The fourth-order valence-electron chi connectivity index (χ4n) is 1.98. The minimum atomic E-state index is -0.605. The van der Waals surface area contributed by atoms with E-state index in [-0.39, 0.29) is 5.75 Å². The largest absolute Gasteiger partial charge is 0.493 e. The van der Waals surface area contributed by atoms with E-state index in [1.54, 1.807) is 0 Å². The van der Waals surface area contributed by atoms with Crippen LogP contribution >= 0.6 is 0 Å². The zero-order valence-electron chi connectivity index (χ0n) is 10.2. The number of hydrogen-bond acceptors (Lipinski definition) is 2. The van der Waals surface area contributed by atoms with E-state index < -0.39 is 11.6 Å². The Kier molecular flexibility index (Phi) is 4.70. The molecule has 0 aromatic heterocycles.